The molecule has 71 heavy (non-hydrogen) atoms. The fourth-order valence-corrected chi connectivity index (χ4v) is 11.9. The number of hydrogen-bond donors (Lipinski definition) is 10. The van der Waals surface area contributed by atoms with Crippen LogP contribution in [-0.2, 0) is 33.8 Å². The molecule has 378 valence electrons. The van der Waals surface area contributed by atoms with Gasteiger partial charge in [-0.25, -0.2) is 9.78 Å². The predicted molar refractivity (Wildman–Crippen MR) is 263 cm³/mol. The monoisotopic (exact) mass is 976 g/mol. The highest BCUT2D eigenvalue weighted by atomic mass is 17.2. The number of amides is 1. The number of rotatable bonds is 16. The number of phenols is 2. The van der Waals surface area contributed by atoms with Gasteiger partial charge in [-0.15, -0.1) is 0 Å². The molecule has 10 N–H and O–H groups in total. The summed E-state index contributed by atoms with van der Waals surface area (Å²) in [6.07, 6.45) is 7.65. The van der Waals surface area contributed by atoms with Crippen LogP contribution in [0.1, 0.15) is 74.5 Å². The standard InChI is InChI=1S/C54H64N4O13/c1-3-42-38-15-16-55-41(38)26-58(42)48-50-32(18-40-44(62)17-29(2)69-51(40)48)19-46(54(70-50)23-30(33-20-47(64)57-24-33)9-11-34(54)25-56-35-7-5-4-6-8-35)71-68-28-53(67,52(66)49(65)45(63)27-59)22-31-10-14-43(61)37-13-12-36(60)21-39(31)37/h9-18,21,26,30,33-35,45-46,49,52,55-56,59-61,63,65-67H,3-8,19-20,22-25,27-28H2,1-2H3,(H,57,64). The number of fused-ring (bicyclic) bond motifs is 4. The highest BCUT2D eigenvalue weighted by Gasteiger charge is 2.56. The lowest BCUT2D eigenvalue weighted by Crippen LogP contribution is -2.62. The Bertz CT molecular complexity index is 3030. The Kier molecular flexibility index (Phi) is 13.5. The van der Waals surface area contributed by atoms with Gasteiger partial charge in [0, 0.05) is 84.8 Å². The maximum atomic E-state index is 14.0. The number of allylic oxidation sites excluding steroid dienone is 1. The van der Waals surface area contributed by atoms with E-state index in [4.69, 9.17) is 18.9 Å². The lowest BCUT2D eigenvalue weighted by molar-refractivity contribution is -0.376. The quantitative estimate of drug-likeness (QED) is 0.0356. The van der Waals surface area contributed by atoms with Crippen LogP contribution in [0.3, 0.4) is 0 Å². The van der Waals surface area contributed by atoms with Crippen molar-refractivity contribution in [3.63, 3.8) is 0 Å². The van der Waals surface area contributed by atoms with Crippen LogP contribution in [0.15, 0.2) is 82.3 Å². The number of aromatic amines is 1. The zero-order chi connectivity index (χ0) is 49.8. The van der Waals surface area contributed by atoms with E-state index in [-0.39, 0.29) is 53.1 Å². The number of carbonyl (C=O) groups excluding carboxylic acids is 1. The topological polar surface area (TPSA) is 261 Å². The van der Waals surface area contributed by atoms with Gasteiger partial charge in [-0.2, -0.15) is 0 Å². The normalized spacial score (nSPS) is 24.8. The first-order valence-corrected chi connectivity index (χ1v) is 24.9. The number of aliphatic hydroxyl groups is 5. The van der Waals surface area contributed by atoms with Crippen molar-refractivity contribution in [2.45, 2.75) is 120 Å². The molecule has 9 unspecified atom stereocenters. The van der Waals surface area contributed by atoms with Crippen LogP contribution in [0, 0.1) is 24.7 Å². The summed E-state index contributed by atoms with van der Waals surface area (Å²) >= 11 is 0. The van der Waals surface area contributed by atoms with Crippen molar-refractivity contribution in [1.82, 2.24) is 20.2 Å². The van der Waals surface area contributed by atoms with Gasteiger partial charge in [0.15, 0.2) is 16.8 Å². The molecule has 2 aliphatic carbocycles. The van der Waals surface area contributed by atoms with E-state index >= 15 is 0 Å². The number of benzene rings is 3. The third-order valence-corrected chi connectivity index (χ3v) is 15.7. The van der Waals surface area contributed by atoms with E-state index in [9.17, 15) is 45.3 Å². The number of phenolic OH excluding ortho intramolecular Hbond substituents is 2. The maximum absolute atomic E-state index is 14.0. The Morgan fingerprint density at radius 3 is 2.55 bits per heavy atom. The Balaban J connectivity index is 1.10. The molecule has 1 amide bonds. The van der Waals surface area contributed by atoms with Crippen LogP contribution >= 0.6 is 0 Å². The lowest BCUT2D eigenvalue weighted by atomic mass is 9.66. The van der Waals surface area contributed by atoms with Gasteiger partial charge in [-0.05, 0) is 91.8 Å². The average Bonchev–Trinajstić information content (AvgIpc) is 4.10. The smallest absolute Gasteiger partial charge is 0.220 e. The third-order valence-electron chi connectivity index (χ3n) is 15.7. The van der Waals surface area contributed by atoms with Crippen LogP contribution in [-0.4, -0.2) is 119 Å². The van der Waals surface area contributed by atoms with Crippen molar-refractivity contribution in [1.29, 1.82) is 0 Å². The summed E-state index contributed by atoms with van der Waals surface area (Å²) in [5, 5.41) is 85.8. The molecule has 3 aromatic carbocycles. The largest absolute Gasteiger partial charge is 0.508 e. The molecular formula is C54H64N4O13. The van der Waals surface area contributed by atoms with Crippen molar-refractivity contribution in [3.05, 3.63) is 106 Å². The zero-order valence-electron chi connectivity index (χ0n) is 40.0. The van der Waals surface area contributed by atoms with E-state index in [1.807, 2.05) is 23.0 Å². The number of carbonyl (C=O) groups is 1. The molecule has 0 radical (unpaired) electrons. The molecule has 1 saturated carbocycles. The Morgan fingerprint density at radius 2 is 1.79 bits per heavy atom. The van der Waals surface area contributed by atoms with Crippen molar-refractivity contribution in [2.24, 2.45) is 17.8 Å². The first-order valence-electron chi connectivity index (χ1n) is 24.9. The molecule has 2 fully saturated rings. The van der Waals surface area contributed by atoms with Crippen LogP contribution in [0.25, 0.3) is 38.3 Å². The Morgan fingerprint density at radius 1 is 0.972 bits per heavy atom. The van der Waals surface area contributed by atoms with Crippen molar-refractivity contribution < 1.29 is 59.5 Å². The van der Waals surface area contributed by atoms with Gasteiger partial charge in [0.1, 0.15) is 65.2 Å². The second-order valence-corrected chi connectivity index (χ2v) is 20.3. The molecule has 17 nitrogen and oxygen atoms in total. The first-order chi connectivity index (χ1) is 34.2. The van der Waals surface area contributed by atoms with E-state index < -0.39 is 55.3 Å². The molecule has 0 bridgehead atoms. The number of aromatic nitrogens is 2. The number of hydrogen-bond acceptors (Lipinski definition) is 14. The SMILES string of the molecule is CCc1c2cc[nH]c2cn1-c1c2c(cc3c(=O)cc(C)oc13)CC(OOCC(O)(Cc1ccc(O)c3ccc(O)cc13)C(O)C(O)C(O)CO)C1(CC(C3CNC(=O)C3)C=CC1CNC1CCCCC1)O2. The van der Waals surface area contributed by atoms with E-state index in [1.54, 1.807) is 13.0 Å². The Labute approximate surface area is 409 Å². The number of aryl methyl sites for hydroxylation is 2. The minimum absolute atomic E-state index is 0.0397. The summed E-state index contributed by atoms with van der Waals surface area (Å²) in [4.78, 5) is 42.9. The van der Waals surface area contributed by atoms with E-state index in [2.05, 4.69) is 34.7 Å². The molecule has 1 spiro atoms. The summed E-state index contributed by atoms with van der Waals surface area (Å²) in [6.45, 7) is 3.05. The molecular weight excluding hydrogens is 913 g/mol. The number of aromatic hydroxyl groups is 2. The second kappa shape index (κ2) is 19.7. The summed E-state index contributed by atoms with van der Waals surface area (Å²) in [6, 6.07) is 12.7. The number of nitrogens with one attached hydrogen (secondary N) is 3. The molecule has 9 atom stereocenters. The molecule has 10 rings (SSSR count). The number of H-pyrrole nitrogens is 1. The van der Waals surface area contributed by atoms with Crippen molar-refractivity contribution >= 4 is 38.6 Å². The highest BCUT2D eigenvalue weighted by Crippen LogP contribution is 2.51. The fraction of sp³-hybridized carbons (Fsp3) is 0.481. The second-order valence-electron chi connectivity index (χ2n) is 20.3. The van der Waals surface area contributed by atoms with Gasteiger partial charge < -0.3 is 65.1 Å². The summed E-state index contributed by atoms with van der Waals surface area (Å²) < 4.78 is 16.3. The number of nitrogens with zero attached hydrogens (tertiary/aromatic N) is 1. The number of aliphatic hydroxyl groups excluding tert-OH is 4. The lowest BCUT2D eigenvalue weighted by Gasteiger charge is -2.51. The molecule has 2 aliphatic heterocycles. The van der Waals surface area contributed by atoms with Crippen LogP contribution in [0.5, 0.6) is 17.2 Å². The summed E-state index contributed by atoms with van der Waals surface area (Å²) in [7, 11) is 0. The zero-order valence-corrected chi connectivity index (χ0v) is 40.0. The molecule has 6 aromatic rings. The van der Waals surface area contributed by atoms with Crippen molar-refractivity contribution in [3.8, 4) is 22.9 Å². The fourth-order valence-electron chi connectivity index (χ4n) is 11.9. The van der Waals surface area contributed by atoms with Gasteiger partial charge in [-0.3, -0.25) is 9.59 Å². The van der Waals surface area contributed by atoms with Gasteiger partial charge in [0.2, 0.25) is 5.91 Å². The molecule has 1 saturated heterocycles. The van der Waals surface area contributed by atoms with Crippen LogP contribution < -0.4 is 20.8 Å². The third kappa shape index (κ3) is 9.11. The number of ether oxygens (including phenoxy) is 1. The minimum Gasteiger partial charge on any atom is -0.508 e. The molecule has 4 aliphatic rings. The van der Waals surface area contributed by atoms with Crippen LogP contribution in [0.2, 0.25) is 0 Å². The van der Waals surface area contributed by atoms with Crippen LogP contribution in [0.4, 0.5) is 0 Å². The van der Waals surface area contributed by atoms with E-state index in [0.717, 1.165) is 42.3 Å². The maximum Gasteiger partial charge on any atom is 0.220 e. The first kappa shape index (κ1) is 48.8. The van der Waals surface area contributed by atoms with Gasteiger partial charge in [-0.1, -0.05) is 44.4 Å². The Hall–Kier alpha value is -5.76. The summed E-state index contributed by atoms with van der Waals surface area (Å²) in [5.41, 5.74) is -0.202. The molecule has 17 heteroatoms. The highest BCUT2D eigenvalue weighted by molar-refractivity contribution is 5.93. The average molecular weight is 977 g/mol. The molecule has 3 aromatic heterocycles. The van der Waals surface area contributed by atoms with Gasteiger partial charge in [0.05, 0.1) is 17.5 Å². The predicted octanol–water partition coefficient (Wildman–Crippen LogP) is 4.79. The van der Waals surface area contributed by atoms with Gasteiger partial charge >= 0.3 is 0 Å². The minimum atomic E-state index is -2.44. The van der Waals surface area contributed by atoms with Crippen molar-refractivity contribution in [2.75, 3.05) is 26.3 Å². The molecule has 5 heterocycles. The van der Waals surface area contributed by atoms with Gasteiger partial charge in [0.25, 0.3) is 0 Å². The van der Waals surface area contributed by atoms with E-state index in [1.165, 1.54) is 42.8 Å². The van der Waals surface area contributed by atoms with E-state index in [0.29, 0.717) is 82.4 Å². The summed E-state index contributed by atoms with van der Waals surface area (Å²) in [5.74, 6) is 0.0572.